The number of nitrogens with zero attached hydrogens (tertiary/aromatic N) is 1. The summed E-state index contributed by atoms with van der Waals surface area (Å²) in [5.74, 6) is 0. The zero-order valence-corrected chi connectivity index (χ0v) is 9.47. The number of benzene rings is 1. The number of ether oxygens (including phenoxy) is 1. The van der Waals surface area contributed by atoms with Gasteiger partial charge in [-0.25, -0.2) is 0 Å². The van der Waals surface area contributed by atoms with Gasteiger partial charge < -0.3 is 10.1 Å². The van der Waals surface area contributed by atoms with Crippen LogP contribution in [0.15, 0.2) is 22.7 Å². The van der Waals surface area contributed by atoms with E-state index in [9.17, 15) is 0 Å². The zero-order valence-electron chi connectivity index (χ0n) is 7.88. The first-order valence-corrected chi connectivity index (χ1v) is 5.00. The van der Waals surface area contributed by atoms with Gasteiger partial charge in [0.1, 0.15) is 6.07 Å². The maximum atomic E-state index is 8.90. The van der Waals surface area contributed by atoms with Gasteiger partial charge in [0.2, 0.25) is 0 Å². The second-order valence-corrected chi connectivity index (χ2v) is 3.55. The van der Waals surface area contributed by atoms with Gasteiger partial charge in [0.15, 0.2) is 0 Å². The Morgan fingerprint density at radius 1 is 1.57 bits per heavy atom. The highest BCUT2D eigenvalue weighted by molar-refractivity contribution is 9.10. The van der Waals surface area contributed by atoms with Crippen LogP contribution in [-0.2, 0) is 4.74 Å². The van der Waals surface area contributed by atoms with Crippen LogP contribution in [0, 0.1) is 11.3 Å². The average Bonchev–Trinajstić information content (AvgIpc) is 2.18. The molecule has 0 bridgehead atoms. The molecule has 0 aliphatic rings. The summed E-state index contributed by atoms with van der Waals surface area (Å²) >= 11 is 3.32. The number of nitriles is 1. The Morgan fingerprint density at radius 2 is 2.36 bits per heavy atom. The fourth-order valence-corrected chi connectivity index (χ4v) is 1.53. The van der Waals surface area contributed by atoms with Gasteiger partial charge >= 0.3 is 0 Å². The molecule has 1 rings (SSSR count). The normalized spacial score (nSPS) is 9.50. The lowest BCUT2D eigenvalue weighted by Gasteiger charge is -2.08. The molecule has 1 aromatic carbocycles. The summed E-state index contributed by atoms with van der Waals surface area (Å²) in [6, 6.07) is 7.75. The Labute approximate surface area is 91.8 Å². The van der Waals surface area contributed by atoms with E-state index in [1.54, 1.807) is 7.11 Å². The van der Waals surface area contributed by atoms with Crippen molar-refractivity contribution in [2.45, 2.75) is 0 Å². The molecule has 0 saturated heterocycles. The molecule has 0 fully saturated rings. The Morgan fingerprint density at radius 3 is 3.00 bits per heavy atom. The number of halogens is 1. The van der Waals surface area contributed by atoms with Crippen LogP contribution in [0.5, 0.6) is 0 Å². The van der Waals surface area contributed by atoms with Crippen molar-refractivity contribution < 1.29 is 4.74 Å². The van der Waals surface area contributed by atoms with Crippen molar-refractivity contribution >= 4 is 21.6 Å². The summed E-state index contributed by atoms with van der Waals surface area (Å²) in [6.07, 6.45) is 0. The summed E-state index contributed by atoms with van der Waals surface area (Å²) in [4.78, 5) is 0. The lowest BCUT2D eigenvalue weighted by Crippen LogP contribution is -2.08. The fraction of sp³-hybridized carbons (Fsp3) is 0.300. The SMILES string of the molecule is COCCNc1cccc(Br)c1C#N. The molecule has 1 N–H and O–H groups in total. The van der Waals surface area contributed by atoms with Gasteiger partial charge in [0.25, 0.3) is 0 Å². The van der Waals surface area contributed by atoms with Gasteiger partial charge in [-0.2, -0.15) is 5.26 Å². The van der Waals surface area contributed by atoms with Gasteiger partial charge in [-0.15, -0.1) is 0 Å². The molecule has 0 radical (unpaired) electrons. The van der Waals surface area contributed by atoms with Crippen LogP contribution < -0.4 is 5.32 Å². The van der Waals surface area contributed by atoms with E-state index in [1.165, 1.54) is 0 Å². The highest BCUT2D eigenvalue weighted by Crippen LogP contribution is 2.23. The van der Waals surface area contributed by atoms with E-state index in [2.05, 4.69) is 27.3 Å². The van der Waals surface area contributed by atoms with E-state index in [1.807, 2.05) is 18.2 Å². The molecule has 0 unspecified atom stereocenters. The van der Waals surface area contributed by atoms with Gasteiger partial charge in [0, 0.05) is 18.1 Å². The van der Waals surface area contributed by atoms with Crippen molar-refractivity contribution in [3.8, 4) is 6.07 Å². The third kappa shape index (κ3) is 2.72. The third-order valence-corrected chi connectivity index (χ3v) is 2.41. The quantitative estimate of drug-likeness (QED) is 0.840. The molecule has 0 aliphatic heterocycles. The number of rotatable bonds is 4. The topological polar surface area (TPSA) is 45.0 Å². The van der Waals surface area contributed by atoms with Crippen LogP contribution in [0.25, 0.3) is 0 Å². The van der Waals surface area contributed by atoms with Gasteiger partial charge in [0.05, 0.1) is 17.9 Å². The summed E-state index contributed by atoms with van der Waals surface area (Å²) in [7, 11) is 1.65. The molecular formula is C10H11BrN2O. The van der Waals surface area contributed by atoms with Crippen molar-refractivity contribution in [3.63, 3.8) is 0 Å². The van der Waals surface area contributed by atoms with E-state index in [4.69, 9.17) is 10.00 Å². The van der Waals surface area contributed by atoms with Crippen LogP contribution in [0.1, 0.15) is 5.56 Å². The summed E-state index contributed by atoms with van der Waals surface area (Å²) < 4.78 is 5.72. The molecule has 1 aromatic rings. The Kier molecular flexibility index (Phi) is 4.44. The first kappa shape index (κ1) is 11.0. The Bertz CT molecular complexity index is 346. The standard InChI is InChI=1S/C10H11BrN2O/c1-14-6-5-13-10-4-2-3-9(11)8(10)7-12/h2-4,13H,5-6H2,1H3. The summed E-state index contributed by atoms with van der Waals surface area (Å²) in [5.41, 5.74) is 1.46. The monoisotopic (exact) mass is 254 g/mol. The molecule has 0 amide bonds. The first-order valence-electron chi connectivity index (χ1n) is 4.21. The minimum atomic E-state index is 0.622. The molecule has 3 nitrogen and oxygen atoms in total. The van der Waals surface area contributed by atoms with E-state index >= 15 is 0 Å². The second kappa shape index (κ2) is 5.63. The van der Waals surface area contributed by atoms with E-state index in [-0.39, 0.29) is 0 Å². The van der Waals surface area contributed by atoms with E-state index in [0.717, 1.165) is 10.2 Å². The van der Waals surface area contributed by atoms with Crippen LogP contribution in [0.4, 0.5) is 5.69 Å². The highest BCUT2D eigenvalue weighted by Gasteiger charge is 2.04. The number of hydrogen-bond donors (Lipinski definition) is 1. The van der Waals surface area contributed by atoms with E-state index in [0.29, 0.717) is 18.7 Å². The maximum Gasteiger partial charge on any atom is 0.103 e. The maximum absolute atomic E-state index is 8.90. The van der Waals surface area contributed by atoms with Crippen molar-refractivity contribution in [2.24, 2.45) is 0 Å². The van der Waals surface area contributed by atoms with Gasteiger partial charge in [-0.3, -0.25) is 0 Å². The molecule has 74 valence electrons. The number of nitrogens with one attached hydrogen (secondary N) is 1. The predicted octanol–water partition coefficient (Wildman–Crippen LogP) is 2.38. The third-order valence-electron chi connectivity index (χ3n) is 1.75. The van der Waals surface area contributed by atoms with Crippen LogP contribution in [0.3, 0.4) is 0 Å². The molecule has 0 spiro atoms. The Hall–Kier alpha value is -1.05. The molecular weight excluding hydrogens is 244 g/mol. The number of methoxy groups -OCH3 is 1. The van der Waals surface area contributed by atoms with Crippen molar-refractivity contribution in [3.05, 3.63) is 28.2 Å². The second-order valence-electron chi connectivity index (χ2n) is 2.69. The predicted molar refractivity (Wildman–Crippen MR) is 59.2 cm³/mol. The van der Waals surface area contributed by atoms with Gasteiger partial charge in [-0.1, -0.05) is 6.07 Å². The Balaban J connectivity index is 2.76. The molecule has 14 heavy (non-hydrogen) atoms. The lowest BCUT2D eigenvalue weighted by molar-refractivity contribution is 0.211. The minimum absolute atomic E-state index is 0.622. The van der Waals surface area contributed by atoms with Gasteiger partial charge in [-0.05, 0) is 28.1 Å². The molecule has 0 aromatic heterocycles. The summed E-state index contributed by atoms with van der Waals surface area (Å²) in [6.45, 7) is 1.32. The lowest BCUT2D eigenvalue weighted by atomic mass is 10.2. The van der Waals surface area contributed by atoms with Crippen LogP contribution in [0.2, 0.25) is 0 Å². The number of anilines is 1. The first-order chi connectivity index (χ1) is 6.79. The molecule has 0 saturated carbocycles. The minimum Gasteiger partial charge on any atom is -0.383 e. The highest BCUT2D eigenvalue weighted by atomic mass is 79.9. The molecule has 0 atom stereocenters. The molecule has 0 aliphatic carbocycles. The van der Waals surface area contributed by atoms with Crippen molar-refractivity contribution in [1.29, 1.82) is 5.26 Å². The van der Waals surface area contributed by atoms with Crippen molar-refractivity contribution in [2.75, 3.05) is 25.6 Å². The van der Waals surface area contributed by atoms with Crippen molar-refractivity contribution in [1.82, 2.24) is 0 Å². The van der Waals surface area contributed by atoms with E-state index < -0.39 is 0 Å². The molecule has 0 heterocycles. The van der Waals surface area contributed by atoms with Crippen LogP contribution >= 0.6 is 15.9 Å². The van der Waals surface area contributed by atoms with Crippen LogP contribution in [-0.4, -0.2) is 20.3 Å². The average molecular weight is 255 g/mol. The summed E-state index contributed by atoms with van der Waals surface area (Å²) in [5, 5.41) is 12.0. The zero-order chi connectivity index (χ0) is 10.4. The largest absolute Gasteiger partial charge is 0.383 e. The number of hydrogen-bond acceptors (Lipinski definition) is 3. The molecule has 4 heteroatoms. The smallest absolute Gasteiger partial charge is 0.103 e. The fourth-order valence-electron chi connectivity index (χ4n) is 1.07.